The monoisotopic (exact) mass is 191 g/mol. The second kappa shape index (κ2) is 4.42. The molecule has 0 aliphatic carbocycles. The van der Waals surface area contributed by atoms with Gasteiger partial charge in [0, 0.05) is 0 Å². The molecule has 2 rings (SSSR count). The van der Waals surface area contributed by atoms with Crippen LogP contribution >= 0.6 is 0 Å². The molecule has 0 unspecified atom stereocenters. The van der Waals surface area contributed by atoms with E-state index in [1.807, 2.05) is 13.1 Å². The van der Waals surface area contributed by atoms with Crippen molar-refractivity contribution in [3.8, 4) is 0 Å². The van der Waals surface area contributed by atoms with Crippen LogP contribution in [0.3, 0.4) is 0 Å². The van der Waals surface area contributed by atoms with E-state index in [0.29, 0.717) is 0 Å². The zero-order valence-corrected chi connectivity index (χ0v) is 8.59. The van der Waals surface area contributed by atoms with Crippen molar-refractivity contribution in [1.82, 2.24) is 15.3 Å². The highest BCUT2D eigenvalue weighted by Gasteiger charge is 2.08. The largest absolute Gasteiger partial charge is 0.343 e. The predicted molar refractivity (Wildman–Crippen MR) is 58.0 cm³/mol. The Balaban J connectivity index is 1.92. The second-order valence-corrected chi connectivity index (χ2v) is 3.87. The lowest BCUT2D eigenvalue weighted by Gasteiger charge is -2.18. The van der Waals surface area contributed by atoms with Gasteiger partial charge in [0.05, 0.1) is 11.9 Å². The molecule has 0 spiro atoms. The SMILES string of the molecule is Cc1ncc(/C=C/C2CCNCC2)[nH]1. The van der Waals surface area contributed by atoms with Gasteiger partial charge in [-0.2, -0.15) is 0 Å². The Kier molecular flexibility index (Phi) is 2.99. The quantitative estimate of drug-likeness (QED) is 0.747. The average Bonchev–Trinajstić information content (AvgIpc) is 2.63. The van der Waals surface area contributed by atoms with Gasteiger partial charge in [0.15, 0.2) is 0 Å². The summed E-state index contributed by atoms with van der Waals surface area (Å²) in [5.74, 6) is 1.72. The van der Waals surface area contributed by atoms with Gasteiger partial charge in [0.2, 0.25) is 0 Å². The molecule has 76 valence electrons. The first-order valence-corrected chi connectivity index (χ1v) is 5.25. The highest BCUT2D eigenvalue weighted by molar-refractivity contribution is 5.43. The molecule has 14 heavy (non-hydrogen) atoms. The molecule has 1 aromatic heterocycles. The minimum Gasteiger partial charge on any atom is -0.343 e. The number of imidazole rings is 1. The lowest BCUT2D eigenvalue weighted by Crippen LogP contribution is -2.26. The molecular formula is C11H17N3. The number of nitrogens with one attached hydrogen (secondary N) is 2. The summed E-state index contributed by atoms with van der Waals surface area (Å²) in [4.78, 5) is 7.36. The number of hydrogen-bond acceptors (Lipinski definition) is 2. The third-order valence-corrected chi connectivity index (χ3v) is 2.65. The fourth-order valence-corrected chi connectivity index (χ4v) is 1.80. The van der Waals surface area contributed by atoms with Crippen molar-refractivity contribution < 1.29 is 0 Å². The lowest BCUT2D eigenvalue weighted by molar-refractivity contribution is 0.438. The molecule has 3 nitrogen and oxygen atoms in total. The zero-order chi connectivity index (χ0) is 9.80. The average molecular weight is 191 g/mol. The van der Waals surface area contributed by atoms with Gasteiger partial charge in [-0.25, -0.2) is 4.98 Å². The van der Waals surface area contributed by atoms with Crippen LogP contribution in [0, 0.1) is 12.8 Å². The van der Waals surface area contributed by atoms with E-state index in [4.69, 9.17) is 0 Å². The minimum atomic E-state index is 0.736. The molecule has 2 N–H and O–H groups in total. The van der Waals surface area contributed by atoms with Crippen LogP contribution in [-0.4, -0.2) is 23.1 Å². The number of aryl methyl sites for hydroxylation is 1. The standard InChI is InChI=1S/C11H17N3/c1-9-13-8-11(14-9)3-2-10-4-6-12-7-5-10/h2-3,8,10,12H,4-7H2,1H3,(H,13,14)/b3-2+. The molecule has 1 aliphatic heterocycles. The van der Waals surface area contributed by atoms with Gasteiger partial charge in [-0.05, 0) is 44.8 Å². The maximum absolute atomic E-state index is 4.16. The number of aromatic nitrogens is 2. The predicted octanol–water partition coefficient (Wildman–Crippen LogP) is 1.73. The van der Waals surface area contributed by atoms with Crippen molar-refractivity contribution >= 4 is 6.08 Å². The van der Waals surface area contributed by atoms with Gasteiger partial charge in [0.1, 0.15) is 5.82 Å². The van der Waals surface area contributed by atoms with E-state index in [2.05, 4.69) is 27.4 Å². The molecule has 0 aromatic carbocycles. The van der Waals surface area contributed by atoms with Crippen LogP contribution in [0.2, 0.25) is 0 Å². The number of nitrogens with zero attached hydrogens (tertiary/aromatic N) is 1. The van der Waals surface area contributed by atoms with E-state index < -0.39 is 0 Å². The first kappa shape index (κ1) is 9.46. The first-order chi connectivity index (χ1) is 6.84. The first-order valence-electron chi connectivity index (χ1n) is 5.25. The van der Waals surface area contributed by atoms with Crippen LogP contribution in [0.25, 0.3) is 6.08 Å². The fraction of sp³-hybridized carbons (Fsp3) is 0.545. The molecule has 0 saturated carbocycles. The lowest BCUT2D eigenvalue weighted by atomic mass is 9.97. The molecular weight excluding hydrogens is 174 g/mol. The van der Waals surface area contributed by atoms with E-state index in [0.717, 1.165) is 30.5 Å². The molecule has 0 amide bonds. The van der Waals surface area contributed by atoms with Gasteiger partial charge >= 0.3 is 0 Å². The Labute approximate surface area is 84.6 Å². The topological polar surface area (TPSA) is 40.7 Å². The number of aromatic amines is 1. The Morgan fingerprint density at radius 3 is 2.86 bits per heavy atom. The Bertz CT molecular complexity index is 308. The van der Waals surface area contributed by atoms with Gasteiger partial charge < -0.3 is 10.3 Å². The molecule has 1 aromatic rings. The second-order valence-electron chi connectivity index (χ2n) is 3.87. The minimum absolute atomic E-state index is 0.736. The number of rotatable bonds is 2. The van der Waals surface area contributed by atoms with E-state index in [1.165, 1.54) is 12.8 Å². The Morgan fingerprint density at radius 2 is 2.21 bits per heavy atom. The molecule has 0 radical (unpaired) electrons. The van der Waals surface area contributed by atoms with Crippen molar-refractivity contribution in [2.45, 2.75) is 19.8 Å². The molecule has 1 aliphatic rings. The van der Waals surface area contributed by atoms with Crippen LogP contribution in [-0.2, 0) is 0 Å². The van der Waals surface area contributed by atoms with E-state index in [-0.39, 0.29) is 0 Å². The van der Waals surface area contributed by atoms with Gasteiger partial charge in [-0.15, -0.1) is 0 Å². The summed E-state index contributed by atoms with van der Waals surface area (Å²) in [6.07, 6.45) is 8.84. The summed E-state index contributed by atoms with van der Waals surface area (Å²) in [6.45, 7) is 4.27. The summed E-state index contributed by atoms with van der Waals surface area (Å²) < 4.78 is 0. The van der Waals surface area contributed by atoms with E-state index in [9.17, 15) is 0 Å². The van der Waals surface area contributed by atoms with Crippen LogP contribution in [0.1, 0.15) is 24.4 Å². The normalized spacial score (nSPS) is 19.2. The van der Waals surface area contributed by atoms with Crippen LogP contribution in [0.4, 0.5) is 0 Å². The summed E-state index contributed by atoms with van der Waals surface area (Å²) in [5, 5.41) is 3.36. The van der Waals surface area contributed by atoms with Crippen molar-refractivity contribution in [2.75, 3.05) is 13.1 Å². The third kappa shape index (κ3) is 2.45. The molecule has 1 saturated heterocycles. The summed E-state index contributed by atoms with van der Waals surface area (Å²) in [6, 6.07) is 0. The maximum Gasteiger partial charge on any atom is 0.103 e. The van der Waals surface area contributed by atoms with Crippen molar-refractivity contribution in [2.24, 2.45) is 5.92 Å². The van der Waals surface area contributed by atoms with Gasteiger partial charge in [0.25, 0.3) is 0 Å². The zero-order valence-electron chi connectivity index (χ0n) is 8.59. The highest BCUT2D eigenvalue weighted by Crippen LogP contribution is 2.14. The highest BCUT2D eigenvalue weighted by atomic mass is 14.9. The maximum atomic E-state index is 4.16. The third-order valence-electron chi connectivity index (χ3n) is 2.65. The van der Waals surface area contributed by atoms with Crippen molar-refractivity contribution in [3.63, 3.8) is 0 Å². The number of hydrogen-bond donors (Lipinski definition) is 2. The van der Waals surface area contributed by atoms with E-state index in [1.54, 1.807) is 0 Å². The molecule has 0 bridgehead atoms. The van der Waals surface area contributed by atoms with Crippen LogP contribution in [0.15, 0.2) is 12.3 Å². The van der Waals surface area contributed by atoms with Crippen molar-refractivity contribution in [1.29, 1.82) is 0 Å². The Morgan fingerprint density at radius 1 is 1.43 bits per heavy atom. The summed E-state index contributed by atoms with van der Waals surface area (Å²) >= 11 is 0. The molecule has 1 fully saturated rings. The number of allylic oxidation sites excluding steroid dienone is 1. The van der Waals surface area contributed by atoms with Crippen molar-refractivity contribution in [3.05, 3.63) is 23.8 Å². The van der Waals surface area contributed by atoms with Gasteiger partial charge in [-0.1, -0.05) is 6.08 Å². The molecule has 2 heterocycles. The number of H-pyrrole nitrogens is 1. The summed E-state index contributed by atoms with van der Waals surface area (Å²) in [5.41, 5.74) is 1.11. The summed E-state index contributed by atoms with van der Waals surface area (Å²) in [7, 11) is 0. The van der Waals surface area contributed by atoms with E-state index >= 15 is 0 Å². The molecule has 3 heteroatoms. The number of piperidine rings is 1. The van der Waals surface area contributed by atoms with Gasteiger partial charge in [-0.3, -0.25) is 0 Å². The molecule has 0 atom stereocenters. The smallest absolute Gasteiger partial charge is 0.103 e. The fourth-order valence-electron chi connectivity index (χ4n) is 1.80. The van der Waals surface area contributed by atoms with Crippen LogP contribution < -0.4 is 5.32 Å². The Hall–Kier alpha value is -1.09. The van der Waals surface area contributed by atoms with Crippen LogP contribution in [0.5, 0.6) is 0 Å².